The van der Waals surface area contributed by atoms with Crippen molar-refractivity contribution in [3.8, 4) is 11.1 Å². The summed E-state index contributed by atoms with van der Waals surface area (Å²) < 4.78 is 0. The van der Waals surface area contributed by atoms with Crippen molar-refractivity contribution >= 4 is 0 Å². The number of hydrogen-bond donors (Lipinski definition) is 3. The van der Waals surface area contributed by atoms with Crippen LogP contribution in [0, 0.1) is 6.92 Å². The maximum absolute atomic E-state index is 11.8. The van der Waals surface area contributed by atoms with Gasteiger partial charge < -0.3 is 16.0 Å². The second-order valence-corrected chi connectivity index (χ2v) is 4.73. The van der Waals surface area contributed by atoms with Gasteiger partial charge in [0.25, 0.3) is 5.56 Å². The van der Waals surface area contributed by atoms with Crippen molar-refractivity contribution in [2.45, 2.75) is 33.7 Å². The van der Waals surface area contributed by atoms with Gasteiger partial charge in [-0.25, -0.2) is 4.98 Å². The molecule has 0 amide bonds. The van der Waals surface area contributed by atoms with E-state index in [0.717, 1.165) is 25.1 Å². The molecule has 0 spiro atoms. The van der Waals surface area contributed by atoms with E-state index in [4.69, 9.17) is 5.73 Å². The Hall–Kier alpha value is -1.98. The van der Waals surface area contributed by atoms with Gasteiger partial charge in [-0.1, -0.05) is 38.1 Å². The number of aromatic nitrogens is 2. The average Bonchev–Trinajstić information content (AvgIpc) is 2.54. The zero-order valence-corrected chi connectivity index (χ0v) is 13.6. The van der Waals surface area contributed by atoms with Gasteiger partial charge in [0.1, 0.15) is 5.82 Å². The fourth-order valence-corrected chi connectivity index (χ4v) is 1.95. The molecule has 2 aromatic rings. The van der Waals surface area contributed by atoms with Crippen molar-refractivity contribution in [3.05, 3.63) is 52.2 Å². The molecule has 1 heterocycles. The molecule has 5 nitrogen and oxygen atoms in total. The van der Waals surface area contributed by atoms with E-state index in [2.05, 4.69) is 15.3 Å². The van der Waals surface area contributed by atoms with E-state index in [1.165, 1.54) is 5.56 Å². The highest BCUT2D eigenvalue weighted by Gasteiger charge is 2.04. The SMILES string of the molecule is CC.Cc1ncc(-c2ccc(CNCCCN)cc2)c(=O)[nH]1. The van der Waals surface area contributed by atoms with Crippen molar-refractivity contribution in [1.82, 2.24) is 15.3 Å². The first kappa shape index (κ1) is 18.1. The number of hydrogen-bond acceptors (Lipinski definition) is 4. The minimum absolute atomic E-state index is 0.105. The fourth-order valence-electron chi connectivity index (χ4n) is 1.95. The zero-order chi connectivity index (χ0) is 16.4. The highest BCUT2D eigenvalue weighted by molar-refractivity contribution is 5.61. The Labute approximate surface area is 132 Å². The standard InChI is InChI=1S/C15H20N4O.C2H6/c1-11-18-10-14(15(20)19-11)13-5-3-12(4-6-13)9-17-8-2-7-16;1-2/h3-6,10,17H,2,7-9,16H2,1H3,(H,18,19,20);1-2H3. The third kappa shape index (κ3) is 5.42. The summed E-state index contributed by atoms with van der Waals surface area (Å²) in [5.41, 5.74) is 7.99. The van der Waals surface area contributed by atoms with Crippen molar-refractivity contribution in [3.63, 3.8) is 0 Å². The van der Waals surface area contributed by atoms with Gasteiger partial charge in [0, 0.05) is 12.7 Å². The van der Waals surface area contributed by atoms with Gasteiger partial charge in [-0.2, -0.15) is 0 Å². The monoisotopic (exact) mass is 302 g/mol. The van der Waals surface area contributed by atoms with E-state index >= 15 is 0 Å². The van der Waals surface area contributed by atoms with Crippen LogP contribution in [0.15, 0.2) is 35.3 Å². The maximum atomic E-state index is 11.8. The Morgan fingerprint density at radius 2 is 1.91 bits per heavy atom. The van der Waals surface area contributed by atoms with Crippen LogP contribution < -0.4 is 16.6 Å². The maximum Gasteiger partial charge on any atom is 0.258 e. The third-order valence-corrected chi connectivity index (χ3v) is 3.08. The average molecular weight is 302 g/mol. The lowest BCUT2D eigenvalue weighted by Crippen LogP contribution is -2.17. The molecular weight excluding hydrogens is 276 g/mol. The molecule has 0 aliphatic heterocycles. The summed E-state index contributed by atoms with van der Waals surface area (Å²) in [6.07, 6.45) is 2.59. The van der Waals surface area contributed by atoms with Gasteiger partial charge in [-0.3, -0.25) is 4.79 Å². The molecule has 0 aliphatic rings. The number of rotatable bonds is 6. The summed E-state index contributed by atoms with van der Waals surface area (Å²) in [7, 11) is 0. The number of H-pyrrole nitrogens is 1. The van der Waals surface area contributed by atoms with Crippen molar-refractivity contribution in [2.24, 2.45) is 5.73 Å². The molecule has 1 aromatic heterocycles. The number of nitrogens with one attached hydrogen (secondary N) is 2. The van der Waals surface area contributed by atoms with Gasteiger partial charge in [0.2, 0.25) is 0 Å². The predicted octanol–water partition coefficient (Wildman–Crippen LogP) is 2.21. The highest BCUT2D eigenvalue weighted by Crippen LogP contribution is 2.15. The Morgan fingerprint density at radius 3 is 2.50 bits per heavy atom. The van der Waals surface area contributed by atoms with Gasteiger partial charge in [0.05, 0.1) is 5.56 Å². The smallest absolute Gasteiger partial charge is 0.258 e. The molecule has 0 atom stereocenters. The quantitative estimate of drug-likeness (QED) is 0.714. The molecule has 0 saturated heterocycles. The van der Waals surface area contributed by atoms with E-state index in [0.29, 0.717) is 17.9 Å². The number of benzene rings is 1. The zero-order valence-electron chi connectivity index (χ0n) is 13.6. The van der Waals surface area contributed by atoms with Crippen LogP contribution in [0.25, 0.3) is 11.1 Å². The lowest BCUT2D eigenvalue weighted by Gasteiger charge is -2.06. The van der Waals surface area contributed by atoms with E-state index in [1.54, 1.807) is 13.1 Å². The molecule has 0 radical (unpaired) electrons. The van der Waals surface area contributed by atoms with Crippen molar-refractivity contribution in [1.29, 1.82) is 0 Å². The van der Waals surface area contributed by atoms with Crippen LogP contribution in [-0.2, 0) is 6.54 Å². The molecule has 0 fully saturated rings. The summed E-state index contributed by atoms with van der Waals surface area (Å²) in [6.45, 7) is 8.19. The second-order valence-electron chi connectivity index (χ2n) is 4.73. The Bertz CT molecular complexity index is 605. The lowest BCUT2D eigenvalue weighted by molar-refractivity contribution is 0.655. The number of aryl methyl sites for hydroxylation is 1. The van der Waals surface area contributed by atoms with Crippen LogP contribution in [0.5, 0.6) is 0 Å². The van der Waals surface area contributed by atoms with Crippen LogP contribution in [-0.4, -0.2) is 23.1 Å². The molecule has 0 aliphatic carbocycles. The minimum atomic E-state index is -0.105. The Morgan fingerprint density at radius 1 is 1.23 bits per heavy atom. The van der Waals surface area contributed by atoms with E-state index in [9.17, 15) is 4.79 Å². The summed E-state index contributed by atoms with van der Waals surface area (Å²) in [4.78, 5) is 18.7. The highest BCUT2D eigenvalue weighted by atomic mass is 16.1. The Kier molecular flexibility index (Phi) is 8.10. The molecule has 4 N–H and O–H groups in total. The summed E-state index contributed by atoms with van der Waals surface area (Å²) in [5.74, 6) is 0.625. The van der Waals surface area contributed by atoms with Crippen LogP contribution in [0.3, 0.4) is 0 Å². The summed E-state index contributed by atoms with van der Waals surface area (Å²) >= 11 is 0. The first-order valence-electron chi connectivity index (χ1n) is 7.76. The second kappa shape index (κ2) is 9.87. The Balaban J connectivity index is 0.00000116. The van der Waals surface area contributed by atoms with Crippen LogP contribution in [0.2, 0.25) is 0 Å². The number of aromatic amines is 1. The van der Waals surface area contributed by atoms with Gasteiger partial charge in [-0.05, 0) is 37.6 Å². The van der Waals surface area contributed by atoms with Crippen LogP contribution in [0.4, 0.5) is 0 Å². The summed E-state index contributed by atoms with van der Waals surface area (Å²) in [6, 6.07) is 7.93. The molecular formula is C17H26N4O. The first-order chi connectivity index (χ1) is 10.7. The van der Waals surface area contributed by atoms with E-state index in [1.807, 2.05) is 38.1 Å². The van der Waals surface area contributed by atoms with Crippen LogP contribution in [0.1, 0.15) is 31.7 Å². The van der Waals surface area contributed by atoms with Gasteiger partial charge >= 0.3 is 0 Å². The largest absolute Gasteiger partial charge is 0.330 e. The van der Waals surface area contributed by atoms with Crippen molar-refractivity contribution in [2.75, 3.05) is 13.1 Å². The number of nitrogens with two attached hydrogens (primary N) is 1. The molecule has 120 valence electrons. The molecule has 22 heavy (non-hydrogen) atoms. The molecule has 1 aromatic carbocycles. The first-order valence-corrected chi connectivity index (χ1v) is 7.76. The molecule has 0 unspecified atom stereocenters. The van der Waals surface area contributed by atoms with Gasteiger partial charge in [0.15, 0.2) is 0 Å². The lowest BCUT2D eigenvalue weighted by atomic mass is 10.1. The third-order valence-electron chi connectivity index (χ3n) is 3.08. The molecule has 0 saturated carbocycles. The molecule has 2 rings (SSSR count). The fraction of sp³-hybridized carbons (Fsp3) is 0.412. The van der Waals surface area contributed by atoms with Crippen molar-refractivity contribution < 1.29 is 0 Å². The van der Waals surface area contributed by atoms with Gasteiger partial charge in [-0.15, -0.1) is 0 Å². The summed E-state index contributed by atoms with van der Waals surface area (Å²) in [5, 5.41) is 3.32. The minimum Gasteiger partial charge on any atom is -0.330 e. The molecule has 0 bridgehead atoms. The topological polar surface area (TPSA) is 83.8 Å². The van der Waals surface area contributed by atoms with E-state index in [-0.39, 0.29) is 5.56 Å². The van der Waals surface area contributed by atoms with Crippen LogP contribution >= 0.6 is 0 Å². The normalized spacial score (nSPS) is 10.0. The predicted molar refractivity (Wildman–Crippen MR) is 91.8 cm³/mol. The van der Waals surface area contributed by atoms with E-state index < -0.39 is 0 Å². The number of nitrogens with zero attached hydrogens (tertiary/aromatic N) is 1. The molecule has 5 heteroatoms.